The molecule has 3 nitrogen and oxygen atoms in total. The highest BCUT2D eigenvalue weighted by atomic mass is 32.2. The molecule has 0 amide bonds. The lowest BCUT2D eigenvalue weighted by molar-refractivity contribution is 0.500. The van der Waals surface area contributed by atoms with E-state index in [1.807, 2.05) is 17.8 Å². The van der Waals surface area contributed by atoms with E-state index in [2.05, 4.69) is 24.1 Å². The Morgan fingerprint density at radius 1 is 1.56 bits per heavy atom. The number of hydrogen-bond acceptors (Lipinski definition) is 5. The zero-order valence-corrected chi connectivity index (χ0v) is 11.0. The van der Waals surface area contributed by atoms with Crippen LogP contribution in [0, 0.1) is 0 Å². The van der Waals surface area contributed by atoms with Crippen LogP contribution in [0.2, 0.25) is 0 Å². The first-order valence-corrected chi connectivity index (χ1v) is 7.68. The minimum atomic E-state index is 0.196. The predicted molar refractivity (Wildman–Crippen MR) is 71.6 cm³/mol. The van der Waals surface area contributed by atoms with E-state index in [1.54, 1.807) is 12.5 Å². The van der Waals surface area contributed by atoms with Gasteiger partial charge in [0.1, 0.15) is 0 Å². The zero-order valence-electron chi connectivity index (χ0n) is 9.39. The fraction of sp³-hybridized carbons (Fsp3) is 0.636. The molecular formula is C11H18N2OS2. The van der Waals surface area contributed by atoms with Crippen LogP contribution >= 0.6 is 23.5 Å². The second-order valence-electron chi connectivity index (χ2n) is 3.85. The number of hydrogen-bond donors (Lipinski definition) is 2. The summed E-state index contributed by atoms with van der Waals surface area (Å²) >= 11 is 4.09. The Hall–Kier alpha value is -0.100. The fourth-order valence-corrected chi connectivity index (χ4v) is 5.31. The Labute approximate surface area is 105 Å². The molecule has 5 heteroatoms. The Morgan fingerprint density at radius 2 is 2.38 bits per heavy atom. The molecule has 3 unspecified atom stereocenters. The van der Waals surface area contributed by atoms with Crippen LogP contribution in [0.15, 0.2) is 23.0 Å². The summed E-state index contributed by atoms with van der Waals surface area (Å²) in [6.07, 6.45) is 4.69. The lowest BCUT2D eigenvalue weighted by Gasteiger charge is -2.35. The average molecular weight is 258 g/mol. The van der Waals surface area contributed by atoms with Gasteiger partial charge in [-0.1, -0.05) is 6.92 Å². The molecule has 1 saturated heterocycles. The van der Waals surface area contributed by atoms with Crippen LogP contribution in [-0.4, -0.2) is 22.0 Å². The Morgan fingerprint density at radius 3 is 3.00 bits per heavy atom. The Bertz CT molecular complexity index is 305. The molecule has 90 valence electrons. The van der Waals surface area contributed by atoms with Gasteiger partial charge in [-0.05, 0) is 12.5 Å². The lowest BCUT2D eigenvalue weighted by atomic mass is 10.0. The van der Waals surface area contributed by atoms with E-state index in [4.69, 9.17) is 10.3 Å². The summed E-state index contributed by atoms with van der Waals surface area (Å²) in [6, 6.07) is 2.19. The topological polar surface area (TPSA) is 51.2 Å². The van der Waals surface area contributed by atoms with E-state index in [0.717, 1.165) is 5.56 Å². The van der Waals surface area contributed by atoms with Gasteiger partial charge in [0, 0.05) is 27.6 Å². The van der Waals surface area contributed by atoms with E-state index in [-0.39, 0.29) is 6.04 Å². The summed E-state index contributed by atoms with van der Waals surface area (Å²) < 4.78 is 5.15. The van der Waals surface area contributed by atoms with Crippen molar-refractivity contribution >= 4 is 23.5 Å². The zero-order chi connectivity index (χ0) is 11.4. The van der Waals surface area contributed by atoms with Gasteiger partial charge in [0.15, 0.2) is 0 Å². The van der Waals surface area contributed by atoms with E-state index >= 15 is 0 Å². The van der Waals surface area contributed by atoms with E-state index in [9.17, 15) is 0 Å². The maximum atomic E-state index is 5.70. The van der Waals surface area contributed by atoms with Crippen LogP contribution in [0.3, 0.4) is 0 Å². The number of nitrogens with one attached hydrogen (secondary N) is 1. The van der Waals surface area contributed by atoms with E-state index in [1.165, 1.54) is 17.9 Å². The third-order valence-electron chi connectivity index (χ3n) is 2.90. The first-order valence-electron chi connectivity index (χ1n) is 5.58. The molecule has 1 aromatic rings. The largest absolute Gasteiger partial charge is 0.472 e. The highest BCUT2D eigenvalue weighted by molar-refractivity contribution is 8.07. The molecule has 1 aliphatic heterocycles. The SMILES string of the molecule is CCC1SCCSC1C(NN)c1ccoc1. The summed E-state index contributed by atoms with van der Waals surface area (Å²) in [7, 11) is 0. The summed E-state index contributed by atoms with van der Waals surface area (Å²) in [5, 5.41) is 1.21. The number of furan rings is 1. The molecule has 2 rings (SSSR count). The van der Waals surface area contributed by atoms with E-state index in [0.29, 0.717) is 10.5 Å². The number of hydrazine groups is 1. The van der Waals surface area contributed by atoms with Crippen molar-refractivity contribution in [3.05, 3.63) is 24.2 Å². The van der Waals surface area contributed by atoms with Gasteiger partial charge < -0.3 is 4.42 Å². The van der Waals surface area contributed by atoms with Crippen LogP contribution < -0.4 is 11.3 Å². The molecule has 1 aliphatic rings. The third-order valence-corrected chi connectivity index (χ3v) is 6.26. The van der Waals surface area contributed by atoms with Gasteiger partial charge >= 0.3 is 0 Å². The van der Waals surface area contributed by atoms with Crippen molar-refractivity contribution in [2.45, 2.75) is 29.9 Å². The molecule has 0 spiro atoms. The van der Waals surface area contributed by atoms with Gasteiger partial charge in [0.25, 0.3) is 0 Å². The molecule has 0 radical (unpaired) electrons. The second kappa shape index (κ2) is 6.00. The molecule has 1 aromatic heterocycles. The maximum Gasteiger partial charge on any atom is 0.0951 e. The van der Waals surface area contributed by atoms with Crippen LogP contribution in [0.4, 0.5) is 0 Å². The second-order valence-corrected chi connectivity index (χ2v) is 6.49. The average Bonchev–Trinajstić information content (AvgIpc) is 2.84. The van der Waals surface area contributed by atoms with Gasteiger partial charge in [-0.25, -0.2) is 0 Å². The highest BCUT2D eigenvalue weighted by Gasteiger charge is 2.32. The van der Waals surface area contributed by atoms with Gasteiger partial charge in [0.2, 0.25) is 0 Å². The van der Waals surface area contributed by atoms with Gasteiger partial charge in [-0.3, -0.25) is 11.3 Å². The minimum absolute atomic E-state index is 0.196. The van der Waals surface area contributed by atoms with Crippen molar-refractivity contribution in [1.82, 2.24) is 5.43 Å². The molecular weight excluding hydrogens is 240 g/mol. The standard InChI is InChI=1S/C11H18N2OS2/c1-2-9-11(16-6-5-15-9)10(13-12)8-3-4-14-7-8/h3-4,7,9-11,13H,2,5-6,12H2,1H3. The van der Waals surface area contributed by atoms with Gasteiger partial charge in [-0.2, -0.15) is 23.5 Å². The highest BCUT2D eigenvalue weighted by Crippen LogP contribution is 2.39. The first-order chi connectivity index (χ1) is 7.86. The van der Waals surface area contributed by atoms with Crippen LogP contribution in [0.25, 0.3) is 0 Å². The lowest BCUT2D eigenvalue weighted by Crippen LogP contribution is -2.41. The molecule has 0 aliphatic carbocycles. The molecule has 0 bridgehead atoms. The molecule has 3 atom stereocenters. The van der Waals surface area contributed by atoms with Crippen LogP contribution in [0.5, 0.6) is 0 Å². The minimum Gasteiger partial charge on any atom is -0.472 e. The normalized spacial score (nSPS) is 27.9. The fourth-order valence-electron chi connectivity index (χ4n) is 2.08. The van der Waals surface area contributed by atoms with Gasteiger partial charge in [-0.15, -0.1) is 0 Å². The van der Waals surface area contributed by atoms with Crippen molar-refractivity contribution in [3.8, 4) is 0 Å². The summed E-state index contributed by atoms with van der Waals surface area (Å²) in [6.45, 7) is 2.25. The molecule has 16 heavy (non-hydrogen) atoms. The monoisotopic (exact) mass is 258 g/mol. The number of thioether (sulfide) groups is 2. The number of nitrogens with two attached hydrogens (primary N) is 1. The predicted octanol–water partition coefficient (Wildman–Crippen LogP) is 2.41. The van der Waals surface area contributed by atoms with Crippen LogP contribution in [0.1, 0.15) is 24.9 Å². The smallest absolute Gasteiger partial charge is 0.0951 e. The summed E-state index contributed by atoms with van der Waals surface area (Å²) in [5.41, 5.74) is 4.10. The molecule has 3 N–H and O–H groups in total. The van der Waals surface area contributed by atoms with Crippen molar-refractivity contribution in [2.75, 3.05) is 11.5 Å². The molecule has 0 saturated carbocycles. The molecule has 0 aromatic carbocycles. The van der Waals surface area contributed by atoms with Crippen molar-refractivity contribution in [1.29, 1.82) is 0 Å². The molecule has 1 fully saturated rings. The van der Waals surface area contributed by atoms with Gasteiger partial charge in [0.05, 0.1) is 18.6 Å². The summed E-state index contributed by atoms with van der Waals surface area (Å²) in [5.74, 6) is 8.16. The first kappa shape index (κ1) is 12.4. The summed E-state index contributed by atoms with van der Waals surface area (Å²) in [4.78, 5) is 0. The number of rotatable bonds is 4. The quantitative estimate of drug-likeness (QED) is 0.641. The van der Waals surface area contributed by atoms with Crippen molar-refractivity contribution in [3.63, 3.8) is 0 Å². The third kappa shape index (κ3) is 2.59. The Kier molecular flexibility index (Phi) is 4.64. The molecule has 2 heterocycles. The van der Waals surface area contributed by atoms with E-state index < -0.39 is 0 Å². The van der Waals surface area contributed by atoms with Crippen molar-refractivity contribution in [2.24, 2.45) is 5.84 Å². The van der Waals surface area contributed by atoms with Crippen LogP contribution in [-0.2, 0) is 0 Å². The maximum absolute atomic E-state index is 5.70. The Balaban J connectivity index is 2.13. The van der Waals surface area contributed by atoms with Crippen molar-refractivity contribution < 1.29 is 4.42 Å².